The van der Waals surface area contributed by atoms with E-state index in [4.69, 9.17) is 16.7 Å². The highest BCUT2D eigenvalue weighted by Crippen LogP contribution is 2.13. The van der Waals surface area contributed by atoms with Gasteiger partial charge in [0.2, 0.25) is 0 Å². The van der Waals surface area contributed by atoms with Gasteiger partial charge < -0.3 is 14.1 Å². The Bertz CT molecular complexity index is 475. The summed E-state index contributed by atoms with van der Waals surface area (Å²) in [5.74, 6) is 0.852. The molecule has 14 heavy (non-hydrogen) atoms. The number of hydrogen-bond acceptors (Lipinski definition) is 3. The molecule has 0 bridgehead atoms. The highest BCUT2D eigenvalue weighted by Gasteiger charge is 2.09. The molecule has 2 heterocycles. The lowest BCUT2D eigenvalue weighted by atomic mass is 10.2. The van der Waals surface area contributed by atoms with Gasteiger partial charge in [-0.1, -0.05) is 5.16 Å². The van der Waals surface area contributed by atoms with Gasteiger partial charge in [-0.05, 0) is 26.1 Å². The Morgan fingerprint density at radius 1 is 1.57 bits per heavy atom. The van der Waals surface area contributed by atoms with Crippen molar-refractivity contribution in [1.82, 2.24) is 14.7 Å². The Hall–Kier alpha value is -1.36. The minimum Gasteiger partial charge on any atom is -0.361 e. The largest absolute Gasteiger partial charge is 0.361 e. The molecule has 0 atom stereocenters. The molecule has 0 amide bonds. The second kappa shape index (κ2) is 3.42. The van der Waals surface area contributed by atoms with Crippen LogP contribution in [0.4, 0.5) is 0 Å². The van der Waals surface area contributed by atoms with Gasteiger partial charge >= 0.3 is 0 Å². The van der Waals surface area contributed by atoms with Crippen molar-refractivity contribution in [3.63, 3.8) is 0 Å². The fraction of sp³-hybridized carbons (Fsp3) is 0.333. The van der Waals surface area contributed by atoms with Crippen LogP contribution in [0.1, 0.15) is 17.0 Å². The quantitative estimate of drug-likeness (QED) is 0.771. The molecule has 0 spiro atoms. The fourth-order valence-corrected chi connectivity index (χ4v) is 1.57. The van der Waals surface area contributed by atoms with Gasteiger partial charge in [0.05, 0.1) is 12.2 Å². The van der Waals surface area contributed by atoms with Crippen LogP contribution in [0.2, 0.25) is 0 Å². The van der Waals surface area contributed by atoms with Crippen molar-refractivity contribution < 1.29 is 4.52 Å². The van der Waals surface area contributed by atoms with Crippen molar-refractivity contribution in [2.75, 3.05) is 0 Å². The van der Waals surface area contributed by atoms with Crippen LogP contribution in [0.15, 0.2) is 16.9 Å². The van der Waals surface area contributed by atoms with Crippen LogP contribution in [0.5, 0.6) is 0 Å². The van der Waals surface area contributed by atoms with Gasteiger partial charge in [-0.3, -0.25) is 0 Å². The van der Waals surface area contributed by atoms with Crippen LogP contribution in [0.3, 0.4) is 0 Å². The van der Waals surface area contributed by atoms with Crippen molar-refractivity contribution in [2.24, 2.45) is 0 Å². The summed E-state index contributed by atoms with van der Waals surface area (Å²) < 4.78 is 7.74. The Balaban J connectivity index is 2.36. The number of nitrogens with one attached hydrogen (secondary N) is 1. The summed E-state index contributed by atoms with van der Waals surface area (Å²) in [7, 11) is 0. The van der Waals surface area contributed by atoms with Gasteiger partial charge in [-0.15, -0.1) is 0 Å². The zero-order chi connectivity index (χ0) is 10.1. The van der Waals surface area contributed by atoms with E-state index < -0.39 is 0 Å². The van der Waals surface area contributed by atoms with E-state index in [2.05, 4.69) is 10.1 Å². The monoisotopic (exact) mass is 209 g/mol. The van der Waals surface area contributed by atoms with E-state index >= 15 is 0 Å². The first kappa shape index (κ1) is 9.21. The normalized spacial score (nSPS) is 10.7. The van der Waals surface area contributed by atoms with Crippen LogP contribution >= 0.6 is 12.2 Å². The summed E-state index contributed by atoms with van der Waals surface area (Å²) >= 11 is 5.10. The molecule has 0 aliphatic carbocycles. The van der Waals surface area contributed by atoms with Gasteiger partial charge in [-0.25, -0.2) is 0 Å². The molecular formula is C9H11N3OS. The van der Waals surface area contributed by atoms with E-state index in [0.29, 0.717) is 11.3 Å². The molecule has 0 aromatic carbocycles. The van der Waals surface area contributed by atoms with Gasteiger partial charge in [0.1, 0.15) is 5.76 Å². The molecule has 0 saturated carbocycles. The molecule has 0 aliphatic rings. The molecule has 0 unspecified atom stereocenters. The van der Waals surface area contributed by atoms with E-state index in [9.17, 15) is 0 Å². The molecule has 2 aromatic rings. The number of imidazole rings is 1. The molecule has 0 saturated heterocycles. The maximum atomic E-state index is 5.10. The molecule has 0 radical (unpaired) electrons. The van der Waals surface area contributed by atoms with Gasteiger partial charge in [0.15, 0.2) is 4.77 Å². The van der Waals surface area contributed by atoms with Gasteiger partial charge in [0, 0.05) is 18.0 Å². The van der Waals surface area contributed by atoms with Crippen molar-refractivity contribution in [2.45, 2.75) is 20.4 Å². The van der Waals surface area contributed by atoms with E-state index in [1.54, 1.807) is 0 Å². The second-order valence-electron chi connectivity index (χ2n) is 3.20. The molecule has 5 heteroatoms. The Kier molecular flexibility index (Phi) is 2.25. The number of nitrogens with zero attached hydrogens (tertiary/aromatic N) is 2. The van der Waals surface area contributed by atoms with Crippen LogP contribution < -0.4 is 0 Å². The minimum atomic E-state index is 0.712. The molecule has 2 rings (SSSR count). The summed E-state index contributed by atoms with van der Waals surface area (Å²) in [5, 5.41) is 3.89. The standard InChI is InChI=1S/C9H11N3OS/c1-6-8(7(2)13-11-6)5-12-4-3-10-9(12)14/h3-4H,5H2,1-2H3,(H,10,14). The number of hydrogen-bond donors (Lipinski definition) is 1. The second-order valence-corrected chi connectivity index (χ2v) is 3.58. The van der Waals surface area contributed by atoms with Gasteiger partial charge in [0.25, 0.3) is 0 Å². The number of rotatable bonds is 2. The van der Waals surface area contributed by atoms with E-state index in [0.717, 1.165) is 17.0 Å². The Morgan fingerprint density at radius 3 is 2.86 bits per heavy atom. The fourth-order valence-electron chi connectivity index (χ4n) is 1.37. The average Bonchev–Trinajstić information content (AvgIpc) is 2.67. The first-order chi connectivity index (χ1) is 6.68. The maximum absolute atomic E-state index is 5.10. The van der Waals surface area contributed by atoms with Crippen LogP contribution in [0.25, 0.3) is 0 Å². The number of aromatic amines is 1. The average molecular weight is 209 g/mol. The van der Waals surface area contributed by atoms with Crippen molar-refractivity contribution in [3.8, 4) is 0 Å². The lowest BCUT2D eigenvalue weighted by molar-refractivity contribution is 0.392. The molecule has 2 aromatic heterocycles. The van der Waals surface area contributed by atoms with E-state index in [1.165, 1.54) is 0 Å². The van der Waals surface area contributed by atoms with Crippen LogP contribution in [-0.4, -0.2) is 14.7 Å². The third-order valence-corrected chi connectivity index (χ3v) is 2.58. The van der Waals surface area contributed by atoms with Crippen molar-refractivity contribution >= 4 is 12.2 Å². The topological polar surface area (TPSA) is 46.8 Å². The maximum Gasteiger partial charge on any atom is 0.177 e. The minimum absolute atomic E-state index is 0.712. The third-order valence-electron chi connectivity index (χ3n) is 2.23. The first-order valence-electron chi connectivity index (χ1n) is 4.34. The van der Waals surface area contributed by atoms with E-state index in [-0.39, 0.29) is 0 Å². The molecule has 1 N–H and O–H groups in total. The molecule has 4 nitrogen and oxygen atoms in total. The van der Waals surface area contributed by atoms with Gasteiger partial charge in [-0.2, -0.15) is 0 Å². The Morgan fingerprint density at radius 2 is 2.36 bits per heavy atom. The SMILES string of the molecule is Cc1noc(C)c1Cn1cc[nH]c1=S. The molecule has 0 aliphatic heterocycles. The van der Waals surface area contributed by atoms with Crippen LogP contribution in [0, 0.1) is 18.6 Å². The van der Waals surface area contributed by atoms with Crippen molar-refractivity contribution in [3.05, 3.63) is 34.2 Å². The highest BCUT2D eigenvalue weighted by molar-refractivity contribution is 7.71. The Labute approximate surface area is 86.5 Å². The predicted molar refractivity (Wildman–Crippen MR) is 54.7 cm³/mol. The summed E-state index contributed by atoms with van der Waals surface area (Å²) in [5.41, 5.74) is 2.02. The van der Waals surface area contributed by atoms with Crippen molar-refractivity contribution in [1.29, 1.82) is 0 Å². The smallest absolute Gasteiger partial charge is 0.177 e. The summed E-state index contributed by atoms with van der Waals surface area (Å²) in [4.78, 5) is 2.95. The third kappa shape index (κ3) is 1.50. The zero-order valence-electron chi connectivity index (χ0n) is 8.07. The number of aryl methyl sites for hydroxylation is 2. The van der Waals surface area contributed by atoms with E-state index in [1.807, 2.05) is 30.8 Å². The number of aromatic nitrogens is 3. The highest BCUT2D eigenvalue weighted by atomic mass is 32.1. The number of H-pyrrole nitrogens is 1. The summed E-state index contributed by atoms with van der Waals surface area (Å²) in [6, 6.07) is 0. The lowest BCUT2D eigenvalue weighted by Gasteiger charge is -2.00. The zero-order valence-corrected chi connectivity index (χ0v) is 8.89. The predicted octanol–water partition coefficient (Wildman–Crippen LogP) is 2.20. The molecule has 74 valence electrons. The summed E-state index contributed by atoms with van der Waals surface area (Å²) in [6.45, 7) is 4.55. The first-order valence-corrected chi connectivity index (χ1v) is 4.75. The van der Waals surface area contributed by atoms with Crippen LogP contribution in [-0.2, 0) is 6.54 Å². The molecule has 0 fully saturated rings. The molecular weight excluding hydrogens is 198 g/mol. The lowest BCUT2D eigenvalue weighted by Crippen LogP contribution is -2.00. The summed E-state index contributed by atoms with van der Waals surface area (Å²) in [6.07, 6.45) is 3.73.